The predicted molar refractivity (Wildman–Crippen MR) is 108 cm³/mol. The van der Waals surface area contributed by atoms with E-state index < -0.39 is 5.97 Å². The number of ether oxygens (including phenoxy) is 3. The first-order chi connectivity index (χ1) is 13.9. The summed E-state index contributed by atoms with van der Waals surface area (Å²) in [5.41, 5.74) is 3.89. The van der Waals surface area contributed by atoms with Crippen molar-refractivity contribution in [2.45, 2.75) is 26.8 Å². The number of aromatic nitrogens is 1. The van der Waals surface area contributed by atoms with Crippen LogP contribution in [0.2, 0.25) is 0 Å². The van der Waals surface area contributed by atoms with Crippen LogP contribution in [-0.4, -0.2) is 30.3 Å². The molecule has 0 bridgehead atoms. The normalized spacial score (nSPS) is 13.1. The van der Waals surface area contributed by atoms with Crippen molar-refractivity contribution in [3.05, 3.63) is 51.8 Å². The Labute approximate surface area is 171 Å². The number of esters is 1. The lowest BCUT2D eigenvalue weighted by Gasteiger charge is -2.05. The summed E-state index contributed by atoms with van der Waals surface area (Å²) in [5.74, 6) is 0.600. The molecule has 0 spiro atoms. The molecule has 1 aromatic heterocycles. The van der Waals surface area contributed by atoms with Crippen molar-refractivity contribution in [3.63, 3.8) is 0 Å². The molecule has 2 heterocycles. The van der Waals surface area contributed by atoms with E-state index in [0.29, 0.717) is 16.3 Å². The lowest BCUT2D eigenvalue weighted by Crippen LogP contribution is -2.22. The van der Waals surface area contributed by atoms with Gasteiger partial charge in [-0.1, -0.05) is 17.4 Å². The molecule has 1 amide bonds. The topological polar surface area (TPSA) is 79.1 Å². The van der Waals surface area contributed by atoms with Crippen LogP contribution in [0.15, 0.2) is 35.3 Å². The molecule has 0 atom stereocenters. The Balaban J connectivity index is 1.71. The van der Waals surface area contributed by atoms with Crippen molar-refractivity contribution in [2.24, 2.45) is 4.99 Å². The molecule has 0 fully saturated rings. The first kappa shape index (κ1) is 19.2. The third kappa shape index (κ3) is 3.88. The number of amides is 1. The van der Waals surface area contributed by atoms with Gasteiger partial charge in [0.15, 0.2) is 16.3 Å². The Morgan fingerprint density at radius 1 is 1.14 bits per heavy atom. The molecule has 0 unspecified atom stereocenters. The van der Waals surface area contributed by atoms with Crippen LogP contribution in [0.3, 0.4) is 0 Å². The molecule has 4 rings (SSSR count). The van der Waals surface area contributed by atoms with Crippen LogP contribution in [-0.2, 0) is 27.3 Å². The SMILES string of the molecule is COC(=O)Cn1c(=NC(=O)Cc2ccc3c(c2)OCO3)sc2cc(C)c(C)cc21. The van der Waals surface area contributed by atoms with Crippen LogP contribution < -0.4 is 14.3 Å². The quantitative estimate of drug-likeness (QED) is 0.616. The van der Waals surface area contributed by atoms with E-state index in [2.05, 4.69) is 4.99 Å². The van der Waals surface area contributed by atoms with Crippen molar-refractivity contribution in [1.82, 2.24) is 4.57 Å². The summed E-state index contributed by atoms with van der Waals surface area (Å²) >= 11 is 1.38. The van der Waals surface area contributed by atoms with Crippen molar-refractivity contribution in [2.75, 3.05) is 13.9 Å². The summed E-state index contributed by atoms with van der Waals surface area (Å²) in [7, 11) is 1.34. The molecule has 1 aliphatic heterocycles. The van der Waals surface area contributed by atoms with Gasteiger partial charge in [0.2, 0.25) is 6.79 Å². The number of carbonyl (C=O) groups is 2. The minimum absolute atomic E-state index is 0.00482. The molecule has 150 valence electrons. The van der Waals surface area contributed by atoms with E-state index in [1.165, 1.54) is 18.4 Å². The molecule has 0 radical (unpaired) electrons. The molecular weight excluding hydrogens is 392 g/mol. The Bertz CT molecular complexity index is 1190. The van der Waals surface area contributed by atoms with Gasteiger partial charge in [0.1, 0.15) is 6.54 Å². The number of methoxy groups -OCH3 is 1. The molecule has 29 heavy (non-hydrogen) atoms. The fourth-order valence-corrected chi connectivity index (χ4v) is 4.25. The lowest BCUT2D eigenvalue weighted by atomic mass is 10.1. The van der Waals surface area contributed by atoms with Gasteiger partial charge in [-0.05, 0) is 54.8 Å². The van der Waals surface area contributed by atoms with Crippen molar-refractivity contribution >= 4 is 33.4 Å². The standard InChI is InChI=1S/C21H20N2O5S/c1-12-6-15-18(7-13(12)2)29-21(23(15)10-20(25)26-3)22-19(24)9-14-4-5-16-17(8-14)28-11-27-16/h4-8H,9-11H2,1-3H3. The highest BCUT2D eigenvalue weighted by molar-refractivity contribution is 7.16. The predicted octanol–water partition coefficient (Wildman–Crippen LogP) is 2.89. The minimum Gasteiger partial charge on any atom is -0.468 e. The Morgan fingerprint density at radius 3 is 2.69 bits per heavy atom. The fourth-order valence-electron chi connectivity index (χ4n) is 3.12. The van der Waals surface area contributed by atoms with E-state index in [1.54, 1.807) is 16.7 Å². The summed E-state index contributed by atoms with van der Waals surface area (Å²) in [4.78, 5) is 29.3. The summed E-state index contributed by atoms with van der Waals surface area (Å²) in [6.45, 7) is 4.22. The van der Waals surface area contributed by atoms with Gasteiger partial charge in [-0.2, -0.15) is 4.99 Å². The maximum atomic E-state index is 12.6. The van der Waals surface area contributed by atoms with E-state index in [0.717, 1.165) is 26.9 Å². The molecule has 0 aliphatic carbocycles. The first-order valence-electron chi connectivity index (χ1n) is 9.08. The van der Waals surface area contributed by atoms with Gasteiger partial charge < -0.3 is 18.8 Å². The smallest absolute Gasteiger partial charge is 0.325 e. The van der Waals surface area contributed by atoms with E-state index in [9.17, 15) is 9.59 Å². The van der Waals surface area contributed by atoms with E-state index in [1.807, 2.05) is 32.0 Å². The number of rotatable bonds is 4. The van der Waals surface area contributed by atoms with Crippen molar-refractivity contribution in [1.29, 1.82) is 0 Å². The summed E-state index contributed by atoms with van der Waals surface area (Å²) in [6, 6.07) is 9.44. The van der Waals surface area contributed by atoms with Gasteiger partial charge in [-0.25, -0.2) is 0 Å². The Kier molecular flexibility index (Phi) is 5.10. The van der Waals surface area contributed by atoms with Crippen LogP contribution in [0.5, 0.6) is 11.5 Å². The maximum Gasteiger partial charge on any atom is 0.325 e. The molecule has 0 N–H and O–H groups in total. The third-order valence-electron chi connectivity index (χ3n) is 4.83. The van der Waals surface area contributed by atoms with Crippen LogP contribution in [0.4, 0.5) is 0 Å². The zero-order valence-corrected chi connectivity index (χ0v) is 17.2. The number of benzene rings is 2. The number of hydrogen-bond donors (Lipinski definition) is 0. The molecule has 0 saturated carbocycles. The largest absolute Gasteiger partial charge is 0.468 e. The highest BCUT2D eigenvalue weighted by atomic mass is 32.1. The van der Waals surface area contributed by atoms with Crippen LogP contribution >= 0.6 is 11.3 Å². The van der Waals surface area contributed by atoms with Crippen LogP contribution in [0.1, 0.15) is 16.7 Å². The number of fused-ring (bicyclic) bond motifs is 2. The molecule has 7 nitrogen and oxygen atoms in total. The molecule has 0 saturated heterocycles. The summed E-state index contributed by atoms with van der Waals surface area (Å²) in [5, 5.41) is 0. The van der Waals surface area contributed by atoms with Gasteiger partial charge in [-0.3, -0.25) is 9.59 Å². The van der Waals surface area contributed by atoms with Gasteiger partial charge >= 0.3 is 5.97 Å². The first-order valence-corrected chi connectivity index (χ1v) is 9.90. The highest BCUT2D eigenvalue weighted by Gasteiger charge is 2.16. The Morgan fingerprint density at radius 2 is 1.90 bits per heavy atom. The summed E-state index contributed by atoms with van der Waals surface area (Å²) in [6.07, 6.45) is 0.126. The van der Waals surface area contributed by atoms with Gasteiger partial charge in [0.25, 0.3) is 5.91 Å². The molecule has 1 aliphatic rings. The zero-order valence-electron chi connectivity index (χ0n) is 16.4. The monoisotopic (exact) mass is 412 g/mol. The van der Waals surface area contributed by atoms with E-state index in [4.69, 9.17) is 14.2 Å². The van der Waals surface area contributed by atoms with E-state index in [-0.39, 0.29) is 25.7 Å². The number of carbonyl (C=O) groups excluding carboxylic acids is 2. The number of nitrogens with zero attached hydrogens (tertiary/aromatic N) is 2. The van der Waals surface area contributed by atoms with Crippen LogP contribution in [0.25, 0.3) is 10.2 Å². The molecular formula is C21H20N2O5S. The third-order valence-corrected chi connectivity index (χ3v) is 5.87. The average Bonchev–Trinajstić information content (AvgIpc) is 3.27. The molecule has 8 heteroatoms. The number of aryl methyl sites for hydroxylation is 2. The average molecular weight is 412 g/mol. The minimum atomic E-state index is -0.396. The lowest BCUT2D eigenvalue weighted by molar-refractivity contribution is -0.141. The maximum absolute atomic E-state index is 12.6. The van der Waals surface area contributed by atoms with E-state index >= 15 is 0 Å². The second-order valence-corrected chi connectivity index (χ2v) is 7.83. The fraction of sp³-hybridized carbons (Fsp3) is 0.286. The number of thiazole rings is 1. The molecule has 3 aromatic rings. The highest BCUT2D eigenvalue weighted by Crippen LogP contribution is 2.32. The zero-order chi connectivity index (χ0) is 20.5. The van der Waals surface area contributed by atoms with Crippen molar-refractivity contribution < 1.29 is 23.8 Å². The number of hydrogen-bond acceptors (Lipinski definition) is 6. The van der Waals surface area contributed by atoms with Crippen molar-refractivity contribution in [3.8, 4) is 11.5 Å². The van der Waals surface area contributed by atoms with Gasteiger partial charge in [-0.15, -0.1) is 0 Å². The molecule has 2 aromatic carbocycles. The Hall–Kier alpha value is -3.13. The van der Waals surface area contributed by atoms with Crippen LogP contribution in [0, 0.1) is 13.8 Å². The van der Waals surface area contributed by atoms with Gasteiger partial charge in [0.05, 0.1) is 23.7 Å². The summed E-state index contributed by atoms with van der Waals surface area (Å²) < 4.78 is 18.2. The van der Waals surface area contributed by atoms with Gasteiger partial charge in [0, 0.05) is 0 Å². The second kappa shape index (κ2) is 7.71. The second-order valence-electron chi connectivity index (χ2n) is 6.82.